The molecule has 29 heavy (non-hydrogen) atoms. The summed E-state index contributed by atoms with van der Waals surface area (Å²) in [5.74, 6) is -0.239. The molecular weight excluding hydrogens is 370 g/mol. The van der Waals surface area contributed by atoms with E-state index in [1.54, 1.807) is 9.58 Å². The molecule has 0 unspecified atom stereocenters. The molecular formula is C21H29N5O3. The normalized spacial score (nSPS) is 15.3. The van der Waals surface area contributed by atoms with Crippen LogP contribution in [0.1, 0.15) is 55.4 Å². The van der Waals surface area contributed by atoms with Crippen LogP contribution in [0.4, 0.5) is 4.79 Å². The summed E-state index contributed by atoms with van der Waals surface area (Å²) < 4.78 is 7.08. The lowest BCUT2D eigenvalue weighted by Gasteiger charge is -2.33. The highest BCUT2D eigenvalue weighted by Gasteiger charge is 2.28. The van der Waals surface area contributed by atoms with Crippen molar-refractivity contribution in [1.29, 1.82) is 0 Å². The summed E-state index contributed by atoms with van der Waals surface area (Å²) in [4.78, 5) is 26.6. The minimum Gasteiger partial charge on any atom is -0.444 e. The lowest BCUT2D eigenvalue weighted by atomic mass is 10.1. The smallest absolute Gasteiger partial charge is 0.410 e. The highest BCUT2D eigenvalue weighted by atomic mass is 16.6. The van der Waals surface area contributed by atoms with E-state index in [1.807, 2.05) is 58.9 Å². The van der Waals surface area contributed by atoms with Crippen molar-refractivity contribution in [3.63, 3.8) is 0 Å². The summed E-state index contributed by atoms with van der Waals surface area (Å²) in [5.41, 5.74) is 2.52. The second-order valence-electron chi connectivity index (χ2n) is 8.49. The number of carbonyl (C=O) groups is 2. The van der Waals surface area contributed by atoms with Gasteiger partial charge in [0.25, 0.3) is 5.91 Å². The Morgan fingerprint density at radius 1 is 1.10 bits per heavy atom. The van der Waals surface area contributed by atoms with E-state index >= 15 is 0 Å². The maximum absolute atomic E-state index is 12.7. The van der Waals surface area contributed by atoms with E-state index in [4.69, 9.17) is 4.74 Å². The lowest BCUT2D eigenvalue weighted by Crippen LogP contribution is -2.47. The zero-order chi connectivity index (χ0) is 21.2. The summed E-state index contributed by atoms with van der Waals surface area (Å²) in [6, 6.07) is 7.88. The van der Waals surface area contributed by atoms with Gasteiger partial charge in [-0.25, -0.2) is 9.48 Å². The molecule has 1 N–H and O–H groups in total. The van der Waals surface area contributed by atoms with Crippen LogP contribution in [-0.2, 0) is 4.74 Å². The Balaban J connectivity index is 1.58. The van der Waals surface area contributed by atoms with Crippen LogP contribution in [0.25, 0.3) is 5.69 Å². The first-order chi connectivity index (χ1) is 13.6. The molecule has 2 aromatic rings. The molecule has 0 bridgehead atoms. The van der Waals surface area contributed by atoms with Gasteiger partial charge in [0.05, 0.1) is 11.4 Å². The average Bonchev–Trinajstić information content (AvgIpc) is 3.03. The number of carbonyl (C=O) groups excluding carboxylic acids is 2. The predicted octanol–water partition coefficient (Wildman–Crippen LogP) is 3.01. The second-order valence-corrected chi connectivity index (χ2v) is 8.49. The van der Waals surface area contributed by atoms with E-state index in [1.165, 1.54) is 0 Å². The summed E-state index contributed by atoms with van der Waals surface area (Å²) in [6.07, 6.45) is 1.05. The SMILES string of the molecule is Cc1ccc(-n2nnc(C(=O)NC3CCN(C(=O)OC(C)(C)C)CC3)c2C)cc1. The number of aryl methyl sites for hydroxylation is 1. The van der Waals surface area contributed by atoms with Gasteiger partial charge >= 0.3 is 6.09 Å². The molecule has 2 heterocycles. The van der Waals surface area contributed by atoms with Crippen molar-refractivity contribution in [2.45, 2.75) is 59.1 Å². The topological polar surface area (TPSA) is 89.4 Å². The minimum absolute atomic E-state index is 0.00916. The molecule has 0 atom stereocenters. The van der Waals surface area contributed by atoms with Crippen molar-refractivity contribution in [3.8, 4) is 5.69 Å². The Labute approximate surface area is 171 Å². The summed E-state index contributed by atoms with van der Waals surface area (Å²) in [7, 11) is 0. The van der Waals surface area contributed by atoms with Crippen molar-refractivity contribution < 1.29 is 14.3 Å². The molecule has 1 aromatic heterocycles. The maximum Gasteiger partial charge on any atom is 0.410 e. The molecule has 2 amide bonds. The number of nitrogens with zero attached hydrogens (tertiary/aromatic N) is 4. The number of benzene rings is 1. The number of ether oxygens (including phenoxy) is 1. The van der Waals surface area contributed by atoms with Crippen molar-refractivity contribution in [3.05, 3.63) is 41.2 Å². The van der Waals surface area contributed by atoms with Gasteiger partial charge < -0.3 is 15.0 Å². The van der Waals surface area contributed by atoms with E-state index in [2.05, 4.69) is 15.6 Å². The van der Waals surface area contributed by atoms with Gasteiger partial charge in [0, 0.05) is 19.1 Å². The number of hydrogen-bond donors (Lipinski definition) is 1. The number of likely N-dealkylation sites (tertiary alicyclic amines) is 1. The van der Waals surface area contributed by atoms with Crippen LogP contribution in [0, 0.1) is 13.8 Å². The molecule has 0 saturated carbocycles. The maximum atomic E-state index is 12.7. The van der Waals surface area contributed by atoms with E-state index < -0.39 is 5.60 Å². The Morgan fingerprint density at radius 3 is 2.31 bits per heavy atom. The summed E-state index contributed by atoms with van der Waals surface area (Å²) in [6.45, 7) is 10.5. The van der Waals surface area contributed by atoms with Crippen molar-refractivity contribution >= 4 is 12.0 Å². The Hall–Kier alpha value is -2.90. The standard InChI is InChI=1S/C21H29N5O3/c1-14-6-8-17(9-7-14)26-15(2)18(23-24-26)19(27)22-16-10-12-25(13-11-16)20(28)29-21(3,4)5/h6-9,16H,10-13H2,1-5H3,(H,22,27). The minimum atomic E-state index is -0.511. The second kappa shape index (κ2) is 8.23. The van der Waals surface area contributed by atoms with Gasteiger partial charge in [-0.2, -0.15) is 0 Å². The highest BCUT2D eigenvalue weighted by Crippen LogP contribution is 2.17. The van der Waals surface area contributed by atoms with Crippen LogP contribution >= 0.6 is 0 Å². The molecule has 3 rings (SSSR count). The van der Waals surface area contributed by atoms with Crippen molar-refractivity contribution in [2.24, 2.45) is 0 Å². The highest BCUT2D eigenvalue weighted by molar-refractivity contribution is 5.93. The van der Waals surface area contributed by atoms with E-state index in [0.717, 1.165) is 11.3 Å². The third-order valence-corrected chi connectivity index (χ3v) is 4.87. The molecule has 1 aliphatic heterocycles. The molecule has 8 nitrogen and oxygen atoms in total. The number of aromatic nitrogens is 3. The molecule has 156 valence electrons. The summed E-state index contributed by atoms with van der Waals surface area (Å²) >= 11 is 0. The van der Waals surface area contributed by atoms with Crippen molar-refractivity contribution in [2.75, 3.05) is 13.1 Å². The van der Waals surface area contributed by atoms with Gasteiger partial charge in [-0.05, 0) is 59.6 Å². The fourth-order valence-corrected chi connectivity index (χ4v) is 3.26. The zero-order valence-corrected chi connectivity index (χ0v) is 17.7. The number of nitrogens with one attached hydrogen (secondary N) is 1. The Morgan fingerprint density at radius 2 is 1.72 bits per heavy atom. The third-order valence-electron chi connectivity index (χ3n) is 4.87. The monoisotopic (exact) mass is 399 g/mol. The van der Waals surface area contributed by atoms with Gasteiger partial charge in [-0.1, -0.05) is 22.9 Å². The third kappa shape index (κ3) is 5.13. The first kappa shape index (κ1) is 20.8. The van der Waals surface area contributed by atoms with E-state index in [-0.39, 0.29) is 18.0 Å². The predicted molar refractivity (Wildman–Crippen MR) is 109 cm³/mol. The van der Waals surface area contributed by atoms with Crippen LogP contribution in [0.2, 0.25) is 0 Å². The van der Waals surface area contributed by atoms with Crippen molar-refractivity contribution in [1.82, 2.24) is 25.2 Å². The number of hydrogen-bond acceptors (Lipinski definition) is 5. The molecule has 0 radical (unpaired) electrons. The molecule has 0 spiro atoms. The van der Waals surface area contributed by atoms with Gasteiger partial charge in [-0.15, -0.1) is 5.10 Å². The van der Waals surface area contributed by atoms with E-state index in [0.29, 0.717) is 37.3 Å². The molecule has 0 aliphatic carbocycles. The fraction of sp³-hybridized carbons (Fsp3) is 0.524. The Bertz CT molecular complexity index is 875. The zero-order valence-electron chi connectivity index (χ0n) is 17.7. The molecule has 1 aliphatic rings. The molecule has 1 fully saturated rings. The van der Waals surface area contributed by atoms with Crippen LogP contribution in [0.3, 0.4) is 0 Å². The van der Waals surface area contributed by atoms with Crippen LogP contribution < -0.4 is 5.32 Å². The average molecular weight is 399 g/mol. The first-order valence-electron chi connectivity index (χ1n) is 9.92. The molecule has 1 saturated heterocycles. The van der Waals surface area contributed by atoms with Gasteiger partial charge in [-0.3, -0.25) is 4.79 Å². The van der Waals surface area contributed by atoms with Gasteiger partial charge in [0.1, 0.15) is 5.60 Å². The quantitative estimate of drug-likeness (QED) is 0.857. The number of amides is 2. The Kier molecular flexibility index (Phi) is 5.91. The van der Waals surface area contributed by atoms with Crippen LogP contribution in [0.15, 0.2) is 24.3 Å². The summed E-state index contributed by atoms with van der Waals surface area (Å²) in [5, 5.41) is 11.2. The number of rotatable bonds is 3. The largest absolute Gasteiger partial charge is 0.444 e. The van der Waals surface area contributed by atoms with Crippen LogP contribution in [-0.4, -0.2) is 56.6 Å². The number of piperidine rings is 1. The van der Waals surface area contributed by atoms with Crippen LogP contribution in [0.5, 0.6) is 0 Å². The molecule has 8 heteroatoms. The lowest BCUT2D eigenvalue weighted by molar-refractivity contribution is 0.0199. The van der Waals surface area contributed by atoms with Gasteiger partial charge in [0.15, 0.2) is 5.69 Å². The fourth-order valence-electron chi connectivity index (χ4n) is 3.26. The molecule has 1 aromatic carbocycles. The first-order valence-corrected chi connectivity index (χ1v) is 9.92. The van der Waals surface area contributed by atoms with Gasteiger partial charge in [0.2, 0.25) is 0 Å². The van der Waals surface area contributed by atoms with E-state index in [9.17, 15) is 9.59 Å².